The molecule has 2 aliphatic rings. The number of anilines is 1. The van der Waals surface area contributed by atoms with Crippen molar-refractivity contribution in [3.05, 3.63) is 65.3 Å². The van der Waals surface area contributed by atoms with Gasteiger partial charge in [0, 0.05) is 27.7 Å². The summed E-state index contributed by atoms with van der Waals surface area (Å²) in [6, 6.07) is 17.2. The second-order valence-electron chi connectivity index (χ2n) is 9.23. The van der Waals surface area contributed by atoms with E-state index in [1.165, 1.54) is 12.8 Å². The first-order valence-electron chi connectivity index (χ1n) is 11.5. The van der Waals surface area contributed by atoms with Crippen molar-refractivity contribution < 1.29 is 9.59 Å². The van der Waals surface area contributed by atoms with Crippen molar-refractivity contribution in [2.24, 2.45) is 0 Å². The van der Waals surface area contributed by atoms with Gasteiger partial charge in [0.2, 0.25) is 5.91 Å². The third-order valence-corrected chi connectivity index (χ3v) is 7.17. The molecule has 1 N–H and O–H groups in total. The lowest BCUT2D eigenvalue weighted by Crippen LogP contribution is -2.65. The normalized spacial score (nSPS) is 21.9. The molecule has 2 amide bonds. The van der Waals surface area contributed by atoms with Gasteiger partial charge in [-0.15, -0.1) is 0 Å². The van der Waals surface area contributed by atoms with Crippen LogP contribution in [0.5, 0.6) is 0 Å². The van der Waals surface area contributed by atoms with Crippen molar-refractivity contribution in [2.75, 3.05) is 4.90 Å². The molecule has 1 saturated carbocycles. The van der Waals surface area contributed by atoms with Crippen LogP contribution in [-0.4, -0.2) is 28.0 Å². The first-order valence-corrected chi connectivity index (χ1v) is 11.8. The molecular weight excluding hydrogens is 422 g/mol. The second kappa shape index (κ2) is 8.28. The third kappa shape index (κ3) is 3.58. The number of carbonyl (C=O) groups excluding carboxylic acids is 2. The van der Waals surface area contributed by atoms with Crippen LogP contribution in [0.3, 0.4) is 0 Å². The molecule has 1 aliphatic carbocycles. The summed E-state index contributed by atoms with van der Waals surface area (Å²) in [7, 11) is 0. The number of nitrogens with zero attached hydrogens (tertiary/aromatic N) is 2. The molecule has 1 aromatic heterocycles. The maximum absolute atomic E-state index is 13.8. The number of rotatable bonds is 3. The zero-order valence-corrected chi connectivity index (χ0v) is 19.1. The average molecular weight is 450 g/mol. The molecule has 5 nitrogen and oxygen atoms in total. The highest BCUT2D eigenvalue weighted by Gasteiger charge is 2.49. The fourth-order valence-corrected chi connectivity index (χ4v) is 5.42. The van der Waals surface area contributed by atoms with Crippen molar-refractivity contribution in [1.82, 2.24) is 9.88 Å². The number of halogens is 1. The molecule has 166 valence electrons. The lowest BCUT2D eigenvalue weighted by molar-refractivity contribution is -0.127. The van der Waals surface area contributed by atoms with Gasteiger partial charge in [0.25, 0.3) is 5.91 Å². The van der Waals surface area contributed by atoms with Crippen LogP contribution in [0.4, 0.5) is 5.69 Å². The number of carbonyl (C=O) groups is 2. The second-order valence-corrected chi connectivity index (χ2v) is 9.67. The first kappa shape index (κ1) is 21.1. The standard InChI is InChI=1S/C26H28ClN3O2/c1-26(25(32)28-20-11-4-2-3-5-12-20)17-29-22-14-7-6-9-18(22)15-23(29)24(31)30(26)21-13-8-10-19(27)16-21/h6-10,13-16,20H,2-5,11-12,17H2,1H3,(H,28,32)/t26-/m0/s1. The van der Waals surface area contributed by atoms with Crippen molar-refractivity contribution >= 4 is 40.0 Å². The number of hydrogen-bond acceptors (Lipinski definition) is 2. The summed E-state index contributed by atoms with van der Waals surface area (Å²) in [5.74, 6) is -0.297. The molecular formula is C26H28ClN3O2. The molecule has 32 heavy (non-hydrogen) atoms. The van der Waals surface area contributed by atoms with Gasteiger partial charge in [0.05, 0.1) is 6.54 Å². The average Bonchev–Trinajstić information content (AvgIpc) is 2.95. The monoisotopic (exact) mass is 449 g/mol. The number of aromatic nitrogens is 1. The van der Waals surface area contributed by atoms with Gasteiger partial charge >= 0.3 is 0 Å². The van der Waals surface area contributed by atoms with E-state index in [0.29, 0.717) is 22.9 Å². The fraction of sp³-hybridized carbons (Fsp3) is 0.385. The van der Waals surface area contributed by atoms with Crippen molar-refractivity contribution in [1.29, 1.82) is 0 Å². The van der Waals surface area contributed by atoms with Crippen LogP contribution < -0.4 is 10.2 Å². The first-order chi connectivity index (χ1) is 15.5. The van der Waals surface area contributed by atoms with Gasteiger partial charge in [0.1, 0.15) is 11.2 Å². The summed E-state index contributed by atoms with van der Waals surface area (Å²) >= 11 is 6.28. The number of benzene rings is 2. The highest BCUT2D eigenvalue weighted by molar-refractivity contribution is 6.31. The lowest BCUT2D eigenvalue weighted by atomic mass is 9.92. The number of hydrogen-bond donors (Lipinski definition) is 1. The number of nitrogens with one attached hydrogen (secondary N) is 1. The highest BCUT2D eigenvalue weighted by atomic mass is 35.5. The Bertz CT molecular complexity index is 1180. The summed E-state index contributed by atoms with van der Waals surface area (Å²) in [5.41, 5.74) is 1.11. The Morgan fingerprint density at radius 3 is 2.53 bits per heavy atom. The molecule has 0 bridgehead atoms. The Morgan fingerprint density at radius 1 is 1.03 bits per heavy atom. The third-order valence-electron chi connectivity index (χ3n) is 6.94. The smallest absolute Gasteiger partial charge is 0.275 e. The summed E-state index contributed by atoms with van der Waals surface area (Å²) in [5, 5.41) is 4.83. The maximum atomic E-state index is 13.8. The Morgan fingerprint density at radius 2 is 1.78 bits per heavy atom. The molecule has 0 radical (unpaired) electrons. The minimum atomic E-state index is -1.08. The summed E-state index contributed by atoms with van der Waals surface area (Å²) < 4.78 is 1.99. The minimum absolute atomic E-state index is 0.110. The highest BCUT2D eigenvalue weighted by Crippen LogP contribution is 2.37. The topological polar surface area (TPSA) is 54.3 Å². The van der Waals surface area contributed by atoms with Gasteiger partial charge in [-0.1, -0.05) is 61.5 Å². The fourth-order valence-electron chi connectivity index (χ4n) is 5.23. The molecule has 3 aromatic rings. The Balaban J connectivity index is 1.60. The number of fused-ring (bicyclic) bond motifs is 3. The summed E-state index contributed by atoms with van der Waals surface area (Å²) in [6.07, 6.45) is 6.68. The molecule has 6 heteroatoms. The maximum Gasteiger partial charge on any atom is 0.275 e. The molecule has 1 fully saturated rings. The SMILES string of the molecule is C[C@@]1(C(=O)NC2CCCCCC2)Cn2c(cc3ccccc32)C(=O)N1c1cccc(Cl)c1. The zero-order chi connectivity index (χ0) is 22.3. The Kier molecular flexibility index (Phi) is 5.46. The van der Waals surface area contributed by atoms with Gasteiger partial charge in [-0.2, -0.15) is 0 Å². The van der Waals surface area contributed by atoms with E-state index < -0.39 is 5.54 Å². The van der Waals surface area contributed by atoms with E-state index >= 15 is 0 Å². The molecule has 0 saturated heterocycles. The summed E-state index contributed by atoms with van der Waals surface area (Å²) in [4.78, 5) is 29.3. The van der Waals surface area contributed by atoms with Gasteiger partial charge in [0.15, 0.2) is 0 Å². The van der Waals surface area contributed by atoms with E-state index in [1.807, 2.05) is 54.0 Å². The van der Waals surface area contributed by atoms with Crippen LogP contribution in [0.15, 0.2) is 54.6 Å². The van der Waals surface area contributed by atoms with Crippen LogP contribution in [0, 0.1) is 0 Å². The molecule has 2 heterocycles. The van der Waals surface area contributed by atoms with E-state index in [2.05, 4.69) is 5.32 Å². The predicted molar refractivity (Wildman–Crippen MR) is 128 cm³/mol. The van der Waals surface area contributed by atoms with E-state index in [-0.39, 0.29) is 17.9 Å². The van der Waals surface area contributed by atoms with E-state index in [0.717, 1.165) is 36.6 Å². The molecule has 0 spiro atoms. The summed E-state index contributed by atoms with van der Waals surface area (Å²) in [6.45, 7) is 2.25. The van der Waals surface area contributed by atoms with Gasteiger partial charge < -0.3 is 9.88 Å². The quantitative estimate of drug-likeness (QED) is 0.533. The minimum Gasteiger partial charge on any atom is -0.351 e. The zero-order valence-electron chi connectivity index (χ0n) is 18.3. The number of amides is 2. The van der Waals surface area contributed by atoms with Crippen LogP contribution in [0.2, 0.25) is 5.02 Å². The van der Waals surface area contributed by atoms with Gasteiger partial charge in [-0.3, -0.25) is 14.5 Å². The Hall–Kier alpha value is -2.79. The van der Waals surface area contributed by atoms with E-state index in [1.54, 1.807) is 17.0 Å². The van der Waals surface area contributed by atoms with Crippen LogP contribution >= 0.6 is 11.6 Å². The predicted octanol–water partition coefficient (Wildman–Crippen LogP) is 5.55. The molecule has 5 rings (SSSR count). The van der Waals surface area contributed by atoms with Crippen molar-refractivity contribution in [3.63, 3.8) is 0 Å². The van der Waals surface area contributed by atoms with Crippen molar-refractivity contribution in [3.8, 4) is 0 Å². The Labute approximate surface area is 193 Å². The van der Waals surface area contributed by atoms with Crippen LogP contribution in [0.25, 0.3) is 10.9 Å². The molecule has 0 unspecified atom stereocenters. The lowest BCUT2D eigenvalue weighted by Gasteiger charge is -2.44. The molecule has 1 atom stereocenters. The van der Waals surface area contributed by atoms with Crippen LogP contribution in [0.1, 0.15) is 55.9 Å². The number of para-hydroxylation sites is 1. The van der Waals surface area contributed by atoms with Gasteiger partial charge in [-0.25, -0.2) is 0 Å². The van der Waals surface area contributed by atoms with Crippen LogP contribution in [-0.2, 0) is 11.3 Å². The van der Waals surface area contributed by atoms with Gasteiger partial charge in [-0.05, 0) is 50.1 Å². The van der Waals surface area contributed by atoms with E-state index in [4.69, 9.17) is 11.6 Å². The molecule has 1 aliphatic heterocycles. The van der Waals surface area contributed by atoms with Crippen molar-refractivity contribution in [2.45, 2.75) is 63.6 Å². The van der Waals surface area contributed by atoms with E-state index in [9.17, 15) is 9.59 Å². The largest absolute Gasteiger partial charge is 0.351 e. The molecule has 2 aromatic carbocycles.